The summed E-state index contributed by atoms with van der Waals surface area (Å²) in [6.07, 6.45) is 5.03. The zero-order valence-electron chi connectivity index (χ0n) is 15.3. The molecule has 2 aromatic carbocycles. The maximum atomic E-state index is 12.5. The van der Waals surface area contributed by atoms with Crippen LogP contribution in [0.3, 0.4) is 0 Å². The number of amides is 1. The molecule has 0 radical (unpaired) electrons. The number of anilines is 1. The molecule has 1 aliphatic heterocycles. The van der Waals surface area contributed by atoms with E-state index in [1.807, 2.05) is 0 Å². The molecule has 0 unspecified atom stereocenters. The molecule has 1 fully saturated rings. The summed E-state index contributed by atoms with van der Waals surface area (Å²) in [5, 5.41) is 2.76. The summed E-state index contributed by atoms with van der Waals surface area (Å²) in [5.74, 6) is 0.827. The van der Waals surface area contributed by atoms with Crippen molar-refractivity contribution in [2.24, 2.45) is 0 Å². The van der Waals surface area contributed by atoms with E-state index in [4.69, 9.17) is 9.47 Å². The third-order valence-electron chi connectivity index (χ3n) is 4.98. The maximum absolute atomic E-state index is 12.5. The Morgan fingerprint density at radius 3 is 2.39 bits per heavy atom. The second-order valence-corrected chi connectivity index (χ2v) is 8.72. The highest BCUT2D eigenvalue weighted by molar-refractivity contribution is 7.89. The van der Waals surface area contributed by atoms with Crippen LogP contribution in [-0.2, 0) is 10.0 Å². The fourth-order valence-electron chi connectivity index (χ4n) is 3.47. The molecule has 1 saturated carbocycles. The number of sulfonamides is 1. The van der Waals surface area contributed by atoms with E-state index in [1.165, 1.54) is 12.1 Å². The second-order valence-electron chi connectivity index (χ2n) is 7.00. The number of rotatable bonds is 5. The van der Waals surface area contributed by atoms with Crippen molar-refractivity contribution < 1.29 is 22.7 Å². The summed E-state index contributed by atoms with van der Waals surface area (Å²) in [5.41, 5.74) is 0.944. The third-order valence-corrected chi connectivity index (χ3v) is 6.52. The third kappa shape index (κ3) is 4.13. The van der Waals surface area contributed by atoms with E-state index < -0.39 is 10.0 Å². The molecule has 28 heavy (non-hydrogen) atoms. The first-order valence-corrected chi connectivity index (χ1v) is 10.8. The summed E-state index contributed by atoms with van der Waals surface area (Å²) in [7, 11) is -3.56. The highest BCUT2D eigenvalue weighted by Crippen LogP contribution is 2.32. The Kier molecular flexibility index (Phi) is 5.23. The Labute approximate surface area is 164 Å². The largest absolute Gasteiger partial charge is 0.454 e. The van der Waals surface area contributed by atoms with Gasteiger partial charge in [-0.15, -0.1) is 0 Å². The van der Waals surface area contributed by atoms with Gasteiger partial charge in [0.25, 0.3) is 5.91 Å². The highest BCUT2D eigenvalue weighted by Gasteiger charge is 2.22. The fourth-order valence-corrected chi connectivity index (χ4v) is 4.77. The lowest BCUT2D eigenvalue weighted by atomic mass is 9.96. The molecule has 0 spiro atoms. The molecule has 2 aliphatic rings. The van der Waals surface area contributed by atoms with Gasteiger partial charge >= 0.3 is 0 Å². The molecule has 148 valence electrons. The SMILES string of the molecule is O=C(Nc1ccc(S(=O)(=O)NC2CCCCC2)cc1)c1ccc2c(c1)OCO2. The number of carbonyl (C=O) groups excluding carboxylic acids is 1. The van der Waals surface area contributed by atoms with E-state index in [0.29, 0.717) is 22.7 Å². The summed E-state index contributed by atoms with van der Waals surface area (Å²) in [6, 6.07) is 11.1. The molecule has 1 heterocycles. The zero-order valence-corrected chi connectivity index (χ0v) is 16.1. The van der Waals surface area contributed by atoms with Crippen molar-refractivity contribution in [1.29, 1.82) is 0 Å². The van der Waals surface area contributed by atoms with Gasteiger partial charge in [0, 0.05) is 17.3 Å². The topological polar surface area (TPSA) is 93.7 Å². The van der Waals surface area contributed by atoms with Gasteiger partial charge in [-0.1, -0.05) is 19.3 Å². The van der Waals surface area contributed by atoms with E-state index in [2.05, 4.69) is 10.0 Å². The average molecular weight is 402 g/mol. The molecule has 1 aliphatic carbocycles. The molecule has 0 bridgehead atoms. The van der Waals surface area contributed by atoms with Gasteiger partial charge in [-0.3, -0.25) is 4.79 Å². The summed E-state index contributed by atoms with van der Waals surface area (Å²) in [4.78, 5) is 12.6. The molecular formula is C20H22N2O5S. The lowest BCUT2D eigenvalue weighted by molar-refractivity contribution is 0.102. The fraction of sp³-hybridized carbons (Fsp3) is 0.350. The molecule has 7 nitrogen and oxygen atoms in total. The van der Waals surface area contributed by atoms with Gasteiger partial charge in [0.2, 0.25) is 16.8 Å². The first-order chi connectivity index (χ1) is 13.5. The van der Waals surface area contributed by atoms with Crippen LogP contribution in [0, 0.1) is 0 Å². The number of hydrogen-bond donors (Lipinski definition) is 2. The van der Waals surface area contributed by atoms with E-state index in [-0.39, 0.29) is 23.6 Å². The minimum absolute atomic E-state index is 0.00383. The number of nitrogens with one attached hydrogen (secondary N) is 2. The summed E-state index contributed by atoms with van der Waals surface area (Å²) < 4.78 is 38.4. The number of hydrogen-bond acceptors (Lipinski definition) is 5. The van der Waals surface area contributed by atoms with Crippen molar-refractivity contribution >= 4 is 21.6 Å². The van der Waals surface area contributed by atoms with E-state index in [0.717, 1.165) is 32.1 Å². The Morgan fingerprint density at radius 1 is 0.929 bits per heavy atom. The first kappa shape index (κ1) is 18.8. The van der Waals surface area contributed by atoms with Gasteiger partial charge in [-0.2, -0.15) is 0 Å². The molecule has 0 aromatic heterocycles. The standard InChI is InChI=1S/C20H22N2O5S/c23-20(14-6-11-18-19(12-14)27-13-26-18)21-15-7-9-17(10-8-15)28(24,25)22-16-4-2-1-3-5-16/h6-12,16,22H,1-5,13H2,(H,21,23). The molecule has 0 atom stereocenters. The Balaban J connectivity index is 1.42. The molecule has 2 N–H and O–H groups in total. The van der Waals surface area contributed by atoms with Gasteiger partial charge in [-0.05, 0) is 55.3 Å². The molecule has 8 heteroatoms. The Bertz CT molecular complexity index is 967. The van der Waals surface area contributed by atoms with Crippen molar-refractivity contribution in [1.82, 2.24) is 4.72 Å². The van der Waals surface area contributed by atoms with Gasteiger partial charge in [-0.25, -0.2) is 13.1 Å². The summed E-state index contributed by atoms with van der Waals surface area (Å²) in [6.45, 7) is 0.144. The van der Waals surface area contributed by atoms with E-state index in [9.17, 15) is 13.2 Å². The quantitative estimate of drug-likeness (QED) is 0.801. The van der Waals surface area contributed by atoms with Crippen LogP contribution in [0.1, 0.15) is 42.5 Å². The van der Waals surface area contributed by atoms with Gasteiger partial charge in [0.05, 0.1) is 4.90 Å². The van der Waals surface area contributed by atoms with Crippen molar-refractivity contribution in [2.45, 2.75) is 43.0 Å². The van der Waals surface area contributed by atoms with Crippen LogP contribution in [0.4, 0.5) is 5.69 Å². The normalized spacial score (nSPS) is 16.7. The lowest BCUT2D eigenvalue weighted by Crippen LogP contribution is -2.36. The molecule has 1 amide bonds. The van der Waals surface area contributed by atoms with Gasteiger partial charge in [0.1, 0.15) is 0 Å². The molecular weight excluding hydrogens is 380 g/mol. The van der Waals surface area contributed by atoms with Crippen molar-refractivity contribution in [3.63, 3.8) is 0 Å². The number of benzene rings is 2. The minimum Gasteiger partial charge on any atom is -0.454 e. The van der Waals surface area contributed by atoms with Crippen LogP contribution >= 0.6 is 0 Å². The minimum atomic E-state index is -3.56. The van der Waals surface area contributed by atoms with Crippen molar-refractivity contribution in [3.05, 3.63) is 48.0 Å². The first-order valence-electron chi connectivity index (χ1n) is 9.35. The van der Waals surface area contributed by atoms with Crippen LogP contribution in [0.25, 0.3) is 0 Å². The Morgan fingerprint density at radius 2 is 1.64 bits per heavy atom. The van der Waals surface area contributed by atoms with Crippen LogP contribution in [0.5, 0.6) is 11.5 Å². The van der Waals surface area contributed by atoms with E-state index >= 15 is 0 Å². The van der Waals surface area contributed by atoms with Crippen LogP contribution in [0.15, 0.2) is 47.4 Å². The number of carbonyl (C=O) groups is 1. The zero-order chi connectivity index (χ0) is 19.6. The number of ether oxygens (including phenoxy) is 2. The summed E-state index contributed by atoms with van der Waals surface area (Å²) >= 11 is 0. The smallest absolute Gasteiger partial charge is 0.255 e. The highest BCUT2D eigenvalue weighted by atomic mass is 32.2. The second kappa shape index (κ2) is 7.81. The van der Waals surface area contributed by atoms with Crippen molar-refractivity contribution in [2.75, 3.05) is 12.1 Å². The van der Waals surface area contributed by atoms with Crippen LogP contribution in [0.2, 0.25) is 0 Å². The maximum Gasteiger partial charge on any atom is 0.255 e. The predicted octanol–water partition coefficient (Wildman–Crippen LogP) is 3.28. The predicted molar refractivity (Wildman–Crippen MR) is 104 cm³/mol. The monoisotopic (exact) mass is 402 g/mol. The molecule has 4 rings (SSSR count). The average Bonchev–Trinajstić information content (AvgIpc) is 3.16. The van der Waals surface area contributed by atoms with Gasteiger partial charge in [0.15, 0.2) is 11.5 Å². The van der Waals surface area contributed by atoms with Gasteiger partial charge < -0.3 is 14.8 Å². The number of fused-ring (bicyclic) bond motifs is 1. The van der Waals surface area contributed by atoms with Crippen LogP contribution < -0.4 is 19.5 Å². The van der Waals surface area contributed by atoms with Crippen LogP contribution in [-0.4, -0.2) is 27.2 Å². The van der Waals surface area contributed by atoms with Crippen molar-refractivity contribution in [3.8, 4) is 11.5 Å². The lowest BCUT2D eigenvalue weighted by Gasteiger charge is -2.22. The molecule has 0 saturated heterocycles. The Hall–Kier alpha value is -2.58. The molecule has 2 aromatic rings. The van der Waals surface area contributed by atoms with E-state index in [1.54, 1.807) is 30.3 Å².